The van der Waals surface area contributed by atoms with Gasteiger partial charge < -0.3 is 9.84 Å². The Labute approximate surface area is 157 Å². The Balaban J connectivity index is 1.84. The van der Waals surface area contributed by atoms with E-state index in [4.69, 9.17) is 11.2 Å². The maximum absolute atomic E-state index is 11.4. The van der Waals surface area contributed by atoms with Crippen molar-refractivity contribution in [2.24, 2.45) is 0 Å². The minimum atomic E-state index is -0.942. The lowest BCUT2D eigenvalue weighted by Crippen LogP contribution is -2.07. The number of hydrogen-bond acceptors (Lipinski definition) is 4. The number of hydrogen-bond donors (Lipinski definition) is 1. The zero-order valence-corrected chi connectivity index (χ0v) is 14.9. The first-order valence-electron chi connectivity index (χ1n) is 8.45. The van der Waals surface area contributed by atoms with Gasteiger partial charge in [-0.3, -0.25) is 0 Å². The Hall–Kier alpha value is -3.59. The molecule has 1 aromatic heterocycles. The summed E-state index contributed by atoms with van der Waals surface area (Å²) in [5.74, 6) is 2.43. The predicted molar refractivity (Wildman–Crippen MR) is 102 cm³/mol. The molecule has 0 spiro atoms. The molecule has 0 saturated heterocycles. The first-order chi connectivity index (χ1) is 13.1. The lowest BCUT2D eigenvalue weighted by atomic mass is 9.99. The molecule has 1 N–H and O–H groups in total. The normalized spacial score (nSPS) is 10.4. The van der Waals surface area contributed by atoms with Gasteiger partial charge in [0.25, 0.3) is 0 Å². The third-order valence-electron chi connectivity index (χ3n) is 4.16. The van der Waals surface area contributed by atoms with Crippen molar-refractivity contribution in [3.05, 3.63) is 65.5 Å². The number of terminal acetylenes is 1. The Morgan fingerprint density at radius 1 is 1.22 bits per heavy atom. The number of methoxy groups -OCH3 is 1. The van der Waals surface area contributed by atoms with Gasteiger partial charge in [0.15, 0.2) is 0 Å². The zero-order chi connectivity index (χ0) is 19.2. The minimum absolute atomic E-state index is 0.280. The summed E-state index contributed by atoms with van der Waals surface area (Å²) >= 11 is 0. The van der Waals surface area contributed by atoms with Crippen LogP contribution in [-0.2, 0) is 13.0 Å². The van der Waals surface area contributed by atoms with E-state index in [1.807, 2.05) is 30.3 Å². The number of carboxylic acid groups (broad SMARTS) is 1. The Kier molecular flexibility index (Phi) is 5.53. The smallest absolute Gasteiger partial charge is 0.336 e. The molecule has 27 heavy (non-hydrogen) atoms. The molecule has 2 aromatic carbocycles. The maximum Gasteiger partial charge on any atom is 0.336 e. The van der Waals surface area contributed by atoms with E-state index in [1.54, 1.807) is 22.9 Å². The molecule has 0 fully saturated rings. The Morgan fingerprint density at radius 3 is 2.63 bits per heavy atom. The summed E-state index contributed by atoms with van der Waals surface area (Å²) in [6.07, 6.45) is 6.54. The third-order valence-corrected chi connectivity index (χ3v) is 4.16. The predicted octanol–water partition coefficient (Wildman–Crippen LogP) is 3.27. The SMILES string of the molecule is C#CCCc1nc(OC)nn1Cc1ccc(-c2ccccc2C(=O)O)cc1. The number of carbonyl (C=O) groups is 1. The summed E-state index contributed by atoms with van der Waals surface area (Å²) in [4.78, 5) is 15.7. The van der Waals surface area contributed by atoms with Crippen LogP contribution >= 0.6 is 0 Å². The van der Waals surface area contributed by atoms with Gasteiger partial charge in [-0.25, -0.2) is 9.48 Å². The van der Waals surface area contributed by atoms with Crippen LogP contribution in [0, 0.1) is 12.3 Å². The van der Waals surface area contributed by atoms with Crippen LogP contribution < -0.4 is 4.74 Å². The first-order valence-corrected chi connectivity index (χ1v) is 8.45. The quantitative estimate of drug-likeness (QED) is 0.654. The molecule has 0 bridgehead atoms. The van der Waals surface area contributed by atoms with Gasteiger partial charge in [-0.2, -0.15) is 4.98 Å². The fourth-order valence-electron chi connectivity index (χ4n) is 2.82. The second kappa shape index (κ2) is 8.19. The van der Waals surface area contributed by atoms with Crippen LogP contribution in [0.1, 0.15) is 28.2 Å². The molecular weight excluding hydrogens is 342 g/mol. The summed E-state index contributed by atoms with van der Waals surface area (Å²) in [7, 11) is 1.53. The van der Waals surface area contributed by atoms with Gasteiger partial charge in [0.1, 0.15) is 5.82 Å². The first kappa shape index (κ1) is 18.2. The molecule has 3 rings (SSSR count). The molecule has 0 aliphatic carbocycles. The molecule has 0 saturated carbocycles. The maximum atomic E-state index is 11.4. The molecule has 0 amide bonds. The molecule has 3 aromatic rings. The monoisotopic (exact) mass is 361 g/mol. The summed E-state index contributed by atoms with van der Waals surface area (Å²) in [6, 6.07) is 15.0. The van der Waals surface area contributed by atoms with E-state index in [0.29, 0.717) is 31.0 Å². The van der Waals surface area contributed by atoms with E-state index in [-0.39, 0.29) is 5.56 Å². The van der Waals surface area contributed by atoms with Crippen molar-refractivity contribution in [1.29, 1.82) is 0 Å². The number of benzene rings is 2. The molecular formula is C21H19N3O3. The molecule has 6 heteroatoms. The summed E-state index contributed by atoms with van der Waals surface area (Å²) in [5, 5.41) is 13.7. The highest BCUT2D eigenvalue weighted by Crippen LogP contribution is 2.24. The van der Waals surface area contributed by atoms with Gasteiger partial charge in [-0.05, 0) is 22.8 Å². The molecule has 0 aliphatic rings. The van der Waals surface area contributed by atoms with Crippen LogP contribution in [0.5, 0.6) is 6.01 Å². The molecule has 0 unspecified atom stereocenters. The lowest BCUT2D eigenvalue weighted by molar-refractivity contribution is 0.0697. The Morgan fingerprint density at radius 2 is 1.96 bits per heavy atom. The number of aromatic carboxylic acids is 1. The largest absolute Gasteiger partial charge is 0.478 e. The molecule has 136 valence electrons. The van der Waals surface area contributed by atoms with Crippen LogP contribution in [-0.4, -0.2) is 33.0 Å². The van der Waals surface area contributed by atoms with Crippen LogP contribution in [0.15, 0.2) is 48.5 Å². The molecule has 6 nitrogen and oxygen atoms in total. The van der Waals surface area contributed by atoms with Gasteiger partial charge in [-0.1, -0.05) is 42.5 Å². The summed E-state index contributed by atoms with van der Waals surface area (Å²) in [6.45, 7) is 0.525. The van der Waals surface area contributed by atoms with Crippen molar-refractivity contribution in [1.82, 2.24) is 14.8 Å². The van der Waals surface area contributed by atoms with Gasteiger partial charge >= 0.3 is 12.0 Å². The molecule has 0 radical (unpaired) electrons. The van der Waals surface area contributed by atoms with E-state index < -0.39 is 5.97 Å². The van der Waals surface area contributed by atoms with Crippen molar-refractivity contribution in [2.75, 3.05) is 7.11 Å². The Bertz CT molecular complexity index is 985. The van der Waals surface area contributed by atoms with Crippen molar-refractivity contribution in [3.63, 3.8) is 0 Å². The third kappa shape index (κ3) is 4.15. The summed E-state index contributed by atoms with van der Waals surface area (Å²) in [5.41, 5.74) is 2.83. The van der Waals surface area contributed by atoms with Crippen molar-refractivity contribution in [2.45, 2.75) is 19.4 Å². The highest BCUT2D eigenvalue weighted by molar-refractivity contribution is 5.95. The number of aryl methyl sites for hydroxylation is 1. The number of nitrogens with zero attached hydrogens (tertiary/aromatic N) is 3. The highest BCUT2D eigenvalue weighted by atomic mass is 16.5. The second-order valence-electron chi connectivity index (χ2n) is 5.92. The number of aromatic nitrogens is 3. The average molecular weight is 361 g/mol. The second-order valence-corrected chi connectivity index (χ2v) is 5.92. The van der Waals surface area contributed by atoms with Crippen LogP contribution in [0.2, 0.25) is 0 Å². The average Bonchev–Trinajstić information content (AvgIpc) is 3.08. The van der Waals surface area contributed by atoms with Crippen LogP contribution in [0.25, 0.3) is 11.1 Å². The lowest BCUT2D eigenvalue weighted by Gasteiger charge is -2.08. The van der Waals surface area contributed by atoms with Gasteiger partial charge in [0.2, 0.25) is 0 Å². The van der Waals surface area contributed by atoms with E-state index in [2.05, 4.69) is 16.0 Å². The highest BCUT2D eigenvalue weighted by Gasteiger charge is 2.12. The van der Waals surface area contributed by atoms with Gasteiger partial charge in [0, 0.05) is 12.8 Å². The molecule has 0 aliphatic heterocycles. The number of ether oxygens (including phenoxy) is 1. The van der Waals surface area contributed by atoms with E-state index in [1.165, 1.54) is 7.11 Å². The van der Waals surface area contributed by atoms with E-state index in [0.717, 1.165) is 17.0 Å². The van der Waals surface area contributed by atoms with Crippen molar-refractivity contribution >= 4 is 5.97 Å². The summed E-state index contributed by atoms with van der Waals surface area (Å²) < 4.78 is 6.89. The van der Waals surface area contributed by atoms with Crippen molar-refractivity contribution in [3.8, 4) is 29.5 Å². The number of carboxylic acids is 1. The van der Waals surface area contributed by atoms with Crippen LogP contribution in [0.3, 0.4) is 0 Å². The number of rotatable bonds is 7. The topological polar surface area (TPSA) is 77.2 Å². The van der Waals surface area contributed by atoms with Crippen molar-refractivity contribution < 1.29 is 14.6 Å². The fraction of sp³-hybridized carbons (Fsp3) is 0.190. The van der Waals surface area contributed by atoms with Gasteiger partial charge in [0.05, 0.1) is 19.2 Å². The fourth-order valence-corrected chi connectivity index (χ4v) is 2.82. The van der Waals surface area contributed by atoms with Gasteiger partial charge in [-0.15, -0.1) is 17.4 Å². The standard InChI is InChI=1S/C21H19N3O3/c1-3-4-9-19-22-21(27-2)23-24(19)14-15-10-12-16(13-11-15)17-7-5-6-8-18(17)20(25)26/h1,5-8,10-13H,4,9,14H2,2H3,(H,25,26). The van der Waals surface area contributed by atoms with Crippen LogP contribution in [0.4, 0.5) is 0 Å². The van der Waals surface area contributed by atoms with E-state index >= 15 is 0 Å². The van der Waals surface area contributed by atoms with E-state index in [9.17, 15) is 9.90 Å². The molecule has 0 atom stereocenters. The minimum Gasteiger partial charge on any atom is -0.478 e. The molecule has 1 heterocycles. The zero-order valence-electron chi connectivity index (χ0n) is 14.9.